The Morgan fingerprint density at radius 2 is 1.58 bits per heavy atom. The molecule has 0 spiro atoms. The van der Waals surface area contributed by atoms with E-state index in [2.05, 4.69) is 20.9 Å². The maximum Gasteiger partial charge on any atom is 0.242 e. The van der Waals surface area contributed by atoms with E-state index < -0.39 is 42.1 Å². The Morgan fingerprint density at radius 1 is 0.860 bits per heavy atom. The van der Waals surface area contributed by atoms with Crippen LogP contribution in [0, 0.1) is 6.92 Å². The highest BCUT2D eigenvalue weighted by molar-refractivity contribution is 5.89. The molecule has 226 valence electrons. The van der Waals surface area contributed by atoms with E-state index in [9.17, 15) is 19.5 Å². The summed E-state index contributed by atoms with van der Waals surface area (Å²) in [5, 5.41) is 20.8. The van der Waals surface area contributed by atoms with Crippen LogP contribution in [0.5, 0.6) is 0 Å². The summed E-state index contributed by atoms with van der Waals surface area (Å²) >= 11 is 0. The van der Waals surface area contributed by atoms with Gasteiger partial charge in [-0.3, -0.25) is 14.4 Å². The zero-order chi connectivity index (χ0) is 30.9. The van der Waals surface area contributed by atoms with Crippen molar-refractivity contribution in [3.05, 3.63) is 107 Å². The smallest absolute Gasteiger partial charge is 0.242 e. The third kappa shape index (κ3) is 8.76. The van der Waals surface area contributed by atoms with Crippen molar-refractivity contribution in [1.29, 1.82) is 0 Å². The van der Waals surface area contributed by atoms with Gasteiger partial charge in [0.25, 0.3) is 0 Å². The van der Waals surface area contributed by atoms with Gasteiger partial charge in [0.05, 0.1) is 24.2 Å². The van der Waals surface area contributed by atoms with E-state index in [0.717, 1.165) is 33.3 Å². The number of nitrogens with one attached hydrogen (secondary N) is 4. The summed E-state index contributed by atoms with van der Waals surface area (Å²) < 4.78 is 0. The van der Waals surface area contributed by atoms with Crippen molar-refractivity contribution in [1.82, 2.24) is 20.9 Å². The molecular weight excluding hydrogens is 542 g/mol. The number of hydrogen-bond donors (Lipinski definition) is 6. The van der Waals surface area contributed by atoms with Gasteiger partial charge in [0.15, 0.2) is 0 Å². The number of hydrogen-bond acceptors (Lipinski definition) is 5. The summed E-state index contributed by atoms with van der Waals surface area (Å²) in [6.45, 7) is 5.10. The highest BCUT2D eigenvalue weighted by Crippen LogP contribution is 2.26. The van der Waals surface area contributed by atoms with Crippen molar-refractivity contribution in [2.75, 3.05) is 0 Å². The highest BCUT2D eigenvalue weighted by Gasteiger charge is 2.27. The highest BCUT2D eigenvalue weighted by atomic mass is 16.3. The molecule has 4 rings (SSSR count). The molecule has 0 bridgehead atoms. The van der Waals surface area contributed by atoms with Gasteiger partial charge < -0.3 is 31.8 Å². The van der Waals surface area contributed by atoms with Gasteiger partial charge in [-0.25, -0.2) is 0 Å². The van der Waals surface area contributed by atoms with Crippen LogP contribution in [0.15, 0.2) is 84.9 Å². The first-order valence-corrected chi connectivity index (χ1v) is 14.6. The number of benzene rings is 3. The maximum absolute atomic E-state index is 13.3. The van der Waals surface area contributed by atoms with Gasteiger partial charge in [-0.15, -0.1) is 0 Å². The standard InChI is InChI=1S/C34H41N5O4/c1-21-10-9-14-26(18-21)32(29-20-25-13-7-8-15-27(25)37-29)39-31(41)17-16-30(40)28(19-24-11-5-4-6-12-24)38-34(43)23(3)36-33(42)22(2)35/h4-15,18,20,22-23,28,30,32,37,40H,16-17,19,35H2,1-3H3,(H,36,42)(H,38,43)(H,39,41)/t22-,23-,28-,30-,32?/m0/s1. The molecule has 0 radical (unpaired) electrons. The Balaban J connectivity index is 1.46. The molecule has 9 heteroatoms. The first kappa shape index (κ1) is 31.5. The number of nitrogens with two attached hydrogens (primary N) is 1. The molecule has 0 saturated carbocycles. The third-order valence-corrected chi connectivity index (χ3v) is 7.47. The lowest BCUT2D eigenvalue weighted by atomic mass is 9.97. The van der Waals surface area contributed by atoms with E-state index in [4.69, 9.17) is 5.73 Å². The number of aliphatic hydroxyl groups excluding tert-OH is 1. The lowest BCUT2D eigenvalue weighted by Gasteiger charge is -2.27. The van der Waals surface area contributed by atoms with Gasteiger partial charge in [-0.2, -0.15) is 0 Å². The SMILES string of the molecule is Cc1cccc(C(NC(=O)CC[C@H](O)[C@H](Cc2ccccc2)NC(=O)[C@H](C)NC(=O)[C@H](C)N)c2cc3ccccc3[nH]2)c1. The van der Waals surface area contributed by atoms with Crippen LogP contribution in [0.25, 0.3) is 10.9 Å². The lowest BCUT2D eigenvalue weighted by molar-refractivity contribution is -0.130. The Kier molecular flexibility index (Phi) is 10.7. The third-order valence-electron chi connectivity index (χ3n) is 7.47. The summed E-state index contributed by atoms with van der Waals surface area (Å²) in [4.78, 5) is 41.7. The molecule has 1 heterocycles. The van der Waals surface area contributed by atoms with Crippen LogP contribution < -0.4 is 21.7 Å². The Bertz CT molecular complexity index is 1500. The van der Waals surface area contributed by atoms with Gasteiger partial charge >= 0.3 is 0 Å². The molecule has 4 aromatic rings. The van der Waals surface area contributed by atoms with Crippen LogP contribution in [-0.2, 0) is 20.8 Å². The number of aromatic nitrogens is 1. The van der Waals surface area contributed by atoms with E-state index in [0.29, 0.717) is 6.42 Å². The minimum absolute atomic E-state index is 0.0435. The molecular formula is C34H41N5O4. The predicted molar refractivity (Wildman–Crippen MR) is 168 cm³/mol. The van der Waals surface area contributed by atoms with E-state index in [1.54, 1.807) is 6.92 Å². The average Bonchev–Trinajstić information content (AvgIpc) is 3.42. The van der Waals surface area contributed by atoms with Crippen LogP contribution in [0.3, 0.4) is 0 Å². The van der Waals surface area contributed by atoms with Gasteiger partial charge in [-0.1, -0.05) is 78.4 Å². The van der Waals surface area contributed by atoms with Crippen molar-refractivity contribution in [2.24, 2.45) is 5.73 Å². The fraction of sp³-hybridized carbons (Fsp3) is 0.324. The molecule has 0 aliphatic carbocycles. The topological polar surface area (TPSA) is 149 Å². The first-order valence-electron chi connectivity index (χ1n) is 14.6. The van der Waals surface area contributed by atoms with Crippen LogP contribution in [0.2, 0.25) is 0 Å². The predicted octanol–water partition coefficient (Wildman–Crippen LogP) is 3.40. The largest absolute Gasteiger partial charge is 0.391 e. The number of rotatable bonds is 13. The summed E-state index contributed by atoms with van der Waals surface area (Å²) in [6.07, 6.45) is -0.499. The molecule has 1 aromatic heterocycles. The lowest BCUT2D eigenvalue weighted by Crippen LogP contribution is -2.54. The number of aromatic amines is 1. The van der Waals surface area contributed by atoms with Gasteiger partial charge in [0.1, 0.15) is 6.04 Å². The van der Waals surface area contributed by atoms with Gasteiger partial charge in [-0.05, 0) is 62.3 Å². The Morgan fingerprint density at radius 3 is 2.28 bits per heavy atom. The van der Waals surface area contributed by atoms with Crippen LogP contribution in [-0.4, -0.2) is 52.0 Å². The molecule has 43 heavy (non-hydrogen) atoms. The second-order valence-electron chi connectivity index (χ2n) is 11.2. The number of fused-ring (bicyclic) bond motifs is 1. The van der Waals surface area contributed by atoms with Gasteiger partial charge in [0, 0.05) is 17.6 Å². The monoisotopic (exact) mass is 583 g/mol. The van der Waals surface area contributed by atoms with Crippen molar-refractivity contribution >= 4 is 28.6 Å². The van der Waals surface area contributed by atoms with E-state index in [-0.39, 0.29) is 18.7 Å². The van der Waals surface area contributed by atoms with Crippen LogP contribution in [0.1, 0.15) is 55.1 Å². The van der Waals surface area contributed by atoms with Crippen LogP contribution >= 0.6 is 0 Å². The molecule has 1 unspecified atom stereocenters. The quantitative estimate of drug-likeness (QED) is 0.143. The van der Waals surface area contributed by atoms with Gasteiger partial charge in [0.2, 0.25) is 17.7 Å². The molecule has 9 nitrogen and oxygen atoms in total. The maximum atomic E-state index is 13.3. The summed E-state index contributed by atoms with van der Waals surface area (Å²) in [5.41, 5.74) is 10.4. The number of amides is 3. The van der Waals surface area contributed by atoms with Crippen molar-refractivity contribution in [2.45, 2.75) is 70.3 Å². The zero-order valence-corrected chi connectivity index (χ0v) is 24.8. The number of aryl methyl sites for hydroxylation is 1. The minimum atomic E-state index is -1.02. The molecule has 0 aliphatic heterocycles. The van der Waals surface area contributed by atoms with Crippen LogP contribution in [0.4, 0.5) is 0 Å². The number of aliphatic hydroxyl groups is 1. The fourth-order valence-electron chi connectivity index (χ4n) is 5.02. The first-order chi connectivity index (χ1) is 20.6. The zero-order valence-electron chi connectivity index (χ0n) is 24.8. The second-order valence-corrected chi connectivity index (χ2v) is 11.2. The second kappa shape index (κ2) is 14.6. The van der Waals surface area contributed by atoms with Crippen molar-refractivity contribution < 1.29 is 19.5 Å². The van der Waals surface area contributed by atoms with E-state index in [1.165, 1.54) is 6.92 Å². The molecule has 0 fully saturated rings. The van der Waals surface area contributed by atoms with E-state index in [1.807, 2.05) is 91.9 Å². The fourth-order valence-corrected chi connectivity index (χ4v) is 5.02. The molecule has 7 N–H and O–H groups in total. The minimum Gasteiger partial charge on any atom is -0.391 e. The number of carbonyl (C=O) groups excluding carboxylic acids is 3. The van der Waals surface area contributed by atoms with E-state index >= 15 is 0 Å². The molecule has 5 atom stereocenters. The average molecular weight is 584 g/mol. The summed E-state index contributed by atoms with van der Waals surface area (Å²) in [5.74, 6) is -1.12. The Hall–Kier alpha value is -4.47. The van der Waals surface area contributed by atoms with Crippen molar-refractivity contribution in [3.8, 4) is 0 Å². The number of para-hydroxylation sites is 1. The molecule has 3 aromatic carbocycles. The molecule has 0 saturated heterocycles. The molecule has 0 aliphatic rings. The normalized spacial score (nSPS) is 14.7. The summed E-state index contributed by atoms with van der Waals surface area (Å²) in [7, 11) is 0. The number of carbonyl (C=O) groups is 3. The molecule has 3 amide bonds. The number of H-pyrrole nitrogens is 1. The van der Waals surface area contributed by atoms with Crippen molar-refractivity contribution in [3.63, 3.8) is 0 Å². The Labute approximate surface area is 252 Å². The summed E-state index contributed by atoms with van der Waals surface area (Å²) in [6, 6.07) is 24.8.